The van der Waals surface area contributed by atoms with E-state index in [4.69, 9.17) is 10.4 Å². The summed E-state index contributed by atoms with van der Waals surface area (Å²) in [5.41, 5.74) is 0. The lowest BCUT2D eigenvalue weighted by Gasteiger charge is -2.10. The molecule has 0 fully saturated rings. The number of carbonyl (C=O) groups excluding carboxylic acids is 1. The van der Waals surface area contributed by atoms with E-state index in [0.717, 1.165) is 57.8 Å². The lowest BCUT2D eigenvalue weighted by atomic mass is 10.0. The van der Waals surface area contributed by atoms with E-state index in [0.29, 0.717) is 6.42 Å². The highest BCUT2D eigenvalue weighted by atomic mass is 17.1. The molecule has 0 aromatic rings. The fourth-order valence-electron chi connectivity index (χ4n) is 2.24. The van der Waals surface area contributed by atoms with E-state index < -0.39 is 12.1 Å². The van der Waals surface area contributed by atoms with E-state index in [1.807, 2.05) is 0 Å². The molecule has 6 nitrogen and oxygen atoms in total. The van der Waals surface area contributed by atoms with Crippen molar-refractivity contribution in [2.24, 2.45) is 0 Å². The molecule has 0 amide bonds. The highest BCUT2D eigenvalue weighted by Gasteiger charge is 2.15. The standard InChI is InChI=1S/C15H30O6/c16-12-8-3-1-2-5-9-13(17)10-6-4-7-11-14(18)15(19)21-20/h13-14,16-18,20H,1-12H2. The molecule has 0 aromatic heterocycles. The predicted octanol–water partition coefficient (Wildman–Crippen LogP) is 2.01. The third kappa shape index (κ3) is 12.7. The van der Waals surface area contributed by atoms with Gasteiger partial charge in [-0.3, -0.25) is 4.89 Å². The van der Waals surface area contributed by atoms with Crippen LogP contribution in [0.5, 0.6) is 0 Å². The van der Waals surface area contributed by atoms with Crippen LogP contribution < -0.4 is 0 Å². The second-order valence-corrected chi connectivity index (χ2v) is 5.50. The summed E-state index contributed by atoms with van der Waals surface area (Å²) in [7, 11) is 0. The van der Waals surface area contributed by atoms with Crippen LogP contribution in [0.3, 0.4) is 0 Å². The number of carbonyl (C=O) groups is 1. The van der Waals surface area contributed by atoms with Crippen LogP contribution in [0.15, 0.2) is 0 Å². The van der Waals surface area contributed by atoms with Crippen molar-refractivity contribution in [3.63, 3.8) is 0 Å². The average molecular weight is 306 g/mol. The average Bonchev–Trinajstić information content (AvgIpc) is 2.49. The Labute approximate surface area is 126 Å². The maximum atomic E-state index is 10.7. The molecule has 0 saturated carbocycles. The largest absolute Gasteiger partial charge is 0.396 e. The second-order valence-electron chi connectivity index (χ2n) is 5.50. The molecule has 0 rings (SSSR count). The van der Waals surface area contributed by atoms with E-state index >= 15 is 0 Å². The maximum absolute atomic E-state index is 10.7. The van der Waals surface area contributed by atoms with Crippen LogP contribution in [0.1, 0.15) is 70.6 Å². The van der Waals surface area contributed by atoms with E-state index in [9.17, 15) is 15.0 Å². The third-order valence-electron chi connectivity index (χ3n) is 3.57. The minimum atomic E-state index is -1.26. The molecule has 0 aromatic carbocycles. The molecular formula is C15H30O6. The molecule has 0 heterocycles. The Balaban J connectivity index is 3.33. The van der Waals surface area contributed by atoms with Crippen molar-refractivity contribution in [3.05, 3.63) is 0 Å². The maximum Gasteiger partial charge on any atom is 0.370 e. The molecule has 6 heteroatoms. The molecule has 0 aliphatic carbocycles. The summed E-state index contributed by atoms with van der Waals surface area (Å²) >= 11 is 0. The van der Waals surface area contributed by atoms with Gasteiger partial charge in [0.15, 0.2) is 6.10 Å². The SMILES string of the molecule is O=C(OO)C(O)CCCCCC(O)CCCCCCCO. The molecule has 0 spiro atoms. The van der Waals surface area contributed by atoms with Crippen molar-refractivity contribution < 1.29 is 30.3 Å². The first kappa shape index (κ1) is 20.3. The molecular weight excluding hydrogens is 276 g/mol. The van der Waals surface area contributed by atoms with Crippen LogP contribution in [-0.4, -0.2) is 45.4 Å². The number of unbranched alkanes of at least 4 members (excludes halogenated alkanes) is 6. The fourth-order valence-corrected chi connectivity index (χ4v) is 2.24. The van der Waals surface area contributed by atoms with Crippen molar-refractivity contribution >= 4 is 5.97 Å². The van der Waals surface area contributed by atoms with Crippen LogP contribution in [0.25, 0.3) is 0 Å². The summed E-state index contributed by atoms with van der Waals surface area (Å²) in [6, 6.07) is 0. The Hall–Kier alpha value is -0.690. The van der Waals surface area contributed by atoms with Crippen LogP contribution in [0.4, 0.5) is 0 Å². The first-order valence-electron chi connectivity index (χ1n) is 7.94. The van der Waals surface area contributed by atoms with Gasteiger partial charge in [0.05, 0.1) is 6.10 Å². The Morgan fingerprint density at radius 2 is 1.29 bits per heavy atom. The zero-order valence-corrected chi connectivity index (χ0v) is 12.7. The number of aliphatic hydroxyl groups is 3. The van der Waals surface area contributed by atoms with Gasteiger partial charge in [0, 0.05) is 6.61 Å². The Kier molecular flexibility index (Phi) is 13.8. The molecule has 4 N–H and O–H groups in total. The topological polar surface area (TPSA) is 107 Å². The number of aliphatic hydroxyl groups excluding tert-OH is 3. The van der Waals surface area contributed by atoms with Gasteiger partial charge in [-0.25, -0.2) is 4.79 Å². The van der Waals surface area contributed by atoms with E-state index in [-0.39, 0.29) is 19.1 Å². The Bertz CT molecular complexity index is 246. The highest BCUT2D eigenvalue weighted by molar-refractivity contribution is 5.73. The zero-order valence-electron chi connectivity index (χ0n) is 12.7. The minimum Gasteiger partial charge on any atom is -0.396 e. The monoisotopic (exact) mass is 306 g/mol. The molecule has 0 aliphatic heterocycles. The predicted molar refractivity (Wildman–Crippen MR) is 78.6 cm³/mol. The molecule has 126 valence electrons. The summed E-state index contributed by atoms with van der Waals surface area (Å²) in [6.07, 6.45) is 7.69. The summed E-state index contributed by atoms with van der Waals surface area (Å²) in [6.45, 7) is 0.257. The zero-order chi connectivity index (χ0) is 15.9. The van der Waals surface area contributed by atoms with Crippen LogP contribution >= 0.6 is 0 Å². The molecule has 2 unspecified atom stereocenters. The van der Waals surface area contributed by atoms with Crippen LogP contribution in [0, 0.1) is 0 Å². The minimum absolute atomic E-state index is 0.257. The van der Waals surface area contributed by atoms with E-state index in [1.54, 1.807) is 0 Å². The summed E-state index contributed by atoms with van der Waals surface area (Å²) in [5.74, 6) is -1.02. The van der Waals surface area contributed by atoms with E-state index in [1.165, 1.54) is 0 Å². The number of hydrogen-bond donors (Lipinski definition) is 4. The van der Waals surface area contributed by atoms with E-state index in [2.05, 4.69) is 4.89 Å². The molecule has 21 heavy (non-hydrogen) atoms. The molecule has 0 saturated heterocycles. The number of hydrogen-bond acceptors (Lipinski definition) is 6. The van der Waals surface area contributed by atoms with Crippen LogP contribution in [0.2, 0.25) is 0 Å². The van der Waals surface area contributed by atoms with Gasteiger partial charge in [-0.1, -0.05) is 44.9 Å². The van der Waals surface area contributed by atoms with Crippen molar-refractivity contribution in [3.8, 4) is 0 Å². The van der Waals surface area contributed by atoms with Gasteiger partial charge in [-0.05, 0) is 25.7 Å². The summed E-state index contributed by atoms with van der Waals surface area (Å²) in [4.78, 5) is 14.2. The van der Waals surface area contributed by atoms with Gasteiger partial charge in [0.2, 0.25) is 0 Å². The first-order valence-corrected chi connectivity index (χ1v) is 7.94. The van der Waals surface area contributed by atoms with Crippen molar-refractivity contribution in [2.45, 2.75) is 82.8 Å². The van der Waals surface area contributed by atoms with Gasteiger partial charge in [0.25, 0.3) is 0 Å². The van der Waals surface area contributed by atoms with Crippen molar-refractivity contribution in [1.82, 2.24) is 0 Å². The van der Waals surface area contributed by atoms with Gasteiger partial charge in [-0.2, -0.15) is 5.26 Å². The quantitative estimate of drug-likeness (QED) is 0.222. The van der Waals surface area contributed by atoms with Gasteiger partial charge >= 0.3 is 5.97 Å². The summed E-state index contributed by atoms with van der Waals surface area (Å²) in [5, 5.41) is 35.7. The third-order valence-corrected chi connectivity index (χ3v) is 3.57. The molecule has 0 radical (unpaired) electrons. The highest BCUT2D eigenvalue weighted by Crippen LogP contribution is 2.13. The normalized spacial score (nSPS) is 13.9. The van der Waals surface area contributed by atoms with Gasteiger partial charge in [-0.15, -0.1) is 0 Å². The van der Waals surface area contributed by atoms with Gasteiger partial charge < -0.3 is 15.3 Å². The molecule has 0 bridgehead atoms. The molecule has 2 atom stereocenters. The van der Waals surface area contributed by atoms with Crippen molar-refractivity contribution in [2.75, 3.05) is 6.61 Å². The van der Waals surface area contributed by atoms with Gasteiger partial charge in [0.1, 0.15) is 0 Å². The lowest BCUT2D eigenvalue weighted by molar-refractivity contribution is -0.242. The smallest absolute Gasteiger partial charge is 0.370 e. The first-order chi connectivity index (χ1) is 10.1. The molecule has 0 aliphatic rings. The second kappa shape index (κ2) is 14.3. The van der Waals surface area contributed by atoms with Crippen molar-refractivity contribution in [1.29, 1.82) is 0 Å². The number of rotatable bonds is 14. The van der Waals surface area contributed by atoms with Crippen LogP contribution in [-0.2, 0) is 9.68 Å². The summed E-state index contributed by atoms with van der Waals surface area (Å²) < 4.78 is 0. The Morgan fingerprint density at radius 1 is 0.810 bits per heavy atom. The fraction of sp³-hybridized carbons (Fsp3) is 0.933. The Morgan fingerprint density at radius 3 is 1.86 bits per heavy atom. The lowest BCUT2D eigenvalue weighted by Crippen LogP contribution is -2.21.